The lowest BCUT2D eigenvalue weighted by Crippen LogP contribution is -2.52. The molecule has 140 valence electrons. The maximum atomic E-state index is 13.2. The van der Waals surface area contributed by atoms with Crippen LogP contribution in [0.15, 0.2) is 47.7 Å². The third-order valence-corrected chi connectivity index (χ3v) is 9.18. The summed E-state index contributed by atoms with van der Waals surface area (Å²) in [6.45, 7) is 16.9. The van der Waals surface area contributed by atoms with Gasteiger partial charge in [0.05, 0.1) is 12.0 Å². The van der Waals surface area contributed by atoms with E-state index in [1.165, 1.54) is 36.8 Å². The standard InChI is InChI=1S/C25H29NO/c1-16-7-9-18-17-8-10-21-24(3,19(17)11-14-23(16,18)2)15-20(26-4)22(27)25(21)12-5-6-13-25/h5-6,10,15,17-19H,1,7-9,11-14H2,2-3H3/t17-,18-,19-,23+,24+/m0/s1. The lowest BCUT2D eigenvalue weighted by molar-refractivity contribution is -0.124. The number of fused-ring (bicyclic) bond motifs is 6. The average molecular weight is 360 g/mol. The van der Waals surface area contributed by atoms with Gasteiger partial charge in [-0.1, -0.05) is 55.9 Å². The molecule has 1 spiro atoms. The van der Waals surface area contributed by atoms with E-state index in [4.69, 9.17) is 6.57 Å². The highest BCUT2D eigenvalue weighted by molar-refractivity contribution is 6.05. The first-order valence-electron chi connectivity index (χ1n) is 10.6. The van der Waals surface area contributed by atoms with Gasteiger partial charge in [0, 0.05) is 5.41 Å². The molecular formula is C25H29NO. The minimum absolute atomic E-state index is 0.0690. The number of Topliss-reactive ketones (excluding diaryl/α,β-unsaturated/α-hetero) is 1. The van der Waals surface area contributed by atoms with Gasteiger partial charge in [-0.3, -0.25) is 0 Å². The molecule has 0 radical (unpaired) electrons. The number of rotatable bonds is 0. The van der Waals surface area contributed by atoms with Gasteiger partial charge in [0.1, 0.15) is 0 Å². The van der Waals surface area contributed by atoms with Crippen LogP contribution in [0.4, 0.5) is 0 Å². The Labute approximate surface area is 162 Å². The lowest BCUT2D eigenvalue weighted by Gasteiger charge is -2.58. The third-order valence-electron chi connectivity index (χ3n) is 9.18. The summed E-state index contributed by atoms with van der Waals surface area (Å²) in [6, 6.07) is 0. The molecule has 0 N–H and O–H groups in total. The highest BCUT2D eigenvalue weighted by atomic mass is 16.1. The van der Waals surface area contributed by atoms with Crippen molar-refractivity contribution in [3.63, 3.8) is 0 Å². The Morgan fingerprint density at radius 2 is 1.93 bits per heavy atom. The molecule has 5 rings (SSSR count). The summed E-state index contributed by atoms with van der Waals surface area (Å²) in [4.78, 5) is 16.9. The number of allylic oxidation sites excluding steroid dienone is 7. The second-order valence-electron chi connectivity index (χ2n) is 10.0. The molecule has 0 aromatic heterocycles. The molecule has 5 atom stereocenters. The van der Waals surface area contributed by atoms with Crippen LogP contribution in [0, 0.1) is 40.6 Å². The Morgan fingerprint density at radius 1 is 1.19 bits per heavy atom. The molecule has 27 heavy (non-hydrogen) atoms. The highest BCUT2D eigenvalue weighted by Crippen LogP contribution is 2.68. The molecule has 0 aromatic carbocycles. The molecule has 0 bridgehead atoms. The zero-order chi connectivity index (χ0) is 19.0. The molecule has 2 fully saturated rings. The smallest absolute Gasteiger partial charge is 0.227 e. The summed E-state index contributed by atoms with van der Waals surface area (Å²) < 4.78 is 0. The third kappa shape index (κ3) is 1.93. The monoisotopic (exact) mass is 359 g/mol. The summed E-state index contributed by atoms with van der Waals surface area (Å²) in [6.07, 6.45) is 16.3. The molecule has 0 aliphatic heterocycles. The minimum atomic E-state index is -0.464. The highest BCUT2D eigenvalue weighted by Gasteiger charge is 2.61. The average Bonchev–Trinajstić information content (AvgIpc) is 3.25. The number of hydrogen-bond donors (Lipinski definition) is 0. The number of ketones is 1. The normalized spacial score (nSPS) is 44.3. The Morgan fingerprint density at radius 3 is 2.63 bits per heavy atom. The minimum Gasteiger partial charge on any atom is -0.307 e. The van der Waals surface area contributed by atoms with Crippen molar-refractivity contribution in [2.75, 3.05) is 0 Å². The molecule has 5 aliphatic carbocycles. The Bertz CT molecular complexity index is 872. The van der Waals surface area contributed by atoms with Gasteiger partial charge < -0.3 is 4.79 Å². The van der Waals surface area contributed by atoms with Crippen molar-refractivity contribution in [1.29, 1.82) is 0 Å². The van der Waals surface area contributed by atoms with Crippen molar-refractivity contribution in [2.24, 2.45) is 34.0 Å². The SMILES string of the molecule is [C-]#[N+]C1=C[C@@]2(C)C(=CC[C@@H]3[C@@H]2CC[C@]2(C)C(=C)CC[C@@H]32)C2(CC=CC2)C1=O. The first kappa shape index (κ1) is 17.2. The molecule has 0 saturated heterocycles. The van der Waals surface area contributed by atoms with E-state index in [0.29, 0.717) is 28.9 Å². The van der Waals surface area contributed by atoms with E-state index in [1.807, 2.05) is 0 Å². The van der Waals surface area contributed by atoms with Crippen LogP contribution in [0.25, 0.3) is 4.85 Å². The number of carbonyl (C=O) groups excluding carboxylic acids is 1. The van der Waals surface area contributed by atoms with Crippen LogP contribution in [0.2, 0.25) is 0 Å². The van der Waals surface area contributed by atoms with Gasteiger partial charge >= 0.3 is 0 Å². The van der Waals surface area contributed by atoms with Crippen LogP contribution in [0.5, 0.6) is 0 Å². The van der Waals surface area contributed by atoms with Gasteiger partial charge in [0.15, 0.2) is 5.78 Å². The van der Waals surface area contributed by atoms with Gasteiger partial charge in [-0.05, 0) is 68.1 Å². The van der Waals surface area contributed by atoms with Crippen molar-refractivity contribution in [2.45, 2.75) is 58.8 Å². The summed E-state index contributed by atoms with van der Waals surface area (Å²) >= 11 is 0. The number of nitrogens with zero attached hydrogens (tertiary/aromatic N) is 1. The predicted molar refractivity (Wildman–Crippen MR) is 107 cm³/mol. The first-order chi connectivity index (χ1) is 12.9. The largest absolute Gasteiger partial charge is 0.307 e. The van der Waals surface area contributed by atoms with Crippen LogP contribution >= 0.6 is 0 Å². The van der Waals surface area contributed by atoms with Crippen LogP contribution in [0.3, 0.4) is 0 Å². The van der Waals surface area contributed by atoms with E-state index in [2.05, 4.69) is 49.6 Å². The van der Waals surface area contributed by atoms with Gasteiger partial charge in [-0.25, -0.2) is 4.85 Å². The van der Waals surface area contributed by atoms with E-state index in [-0.39, 0.29) is 11.2 Å². The fourth-order valence-electron chi connectivity index (χ4n) is 7.69. The summed E-state index contributed by atoms with van der Waals surface area (Å²) in [5.41, 5.74) is 2.87. The van der Waals surface area contributed by atoms with E-state index in [9.17, 15) is 4.79 Å². The van der Waals surface area contributed by atoms with Crippen molar-refractivity contribution in [3.05, 3.63) is 59.1 Å². The molecular weight excluding hydrogens is 330 g/mol. The fraction of sp³-hybridized carbons (Fsp3) is 0.600. The molecule has 0 heterocycles. The van der Waals surface area contributed by atoms with Crippen LogP contribution in [-0.4, -0.2) is 5.78 Å². The van der Waals surface area contributed by atoms with E-state index in [0.717, 1.165) is 19.3 Å². The molecule has 0 aromatic rings. The van der Waals surface area contributed by atoms with Crippen LogP contribution < -0.4 is 0 Å². The van der Waals surface area contributed by atoms with E-state index in [1.54, 1.807) is 0 Å². The van der Waals surface area contributed by atoms with Gasteiger partial charge in [-0.2, -0.15) is 0 Å². The predicted octanol–water partition coefficient (Wildman–Crippen LogP) is 6.04. The number of carbonyl (C=O) groups is 1. The van der Waals surface area contributed by atoms with E-state index < -0.39 is 5.41 Å². The van der Waals surface area contributed by atoms with Gasteiger partial charge in [0.2, 0.25) is 5.70 Å². The fourth-order valence-corrected chi connectivity index (χ4v) is 7.69. The molecule has 2 heteroatoms. The second-order valence-corrected chi connectivity index (χ2v) is 10.0. The zero-order valence-electron chi connectivity index (χ0n) is 16.6. The van der Waals surface area contributed by atoms with Crippen molar-refractivity contribution < 1.29 is 4.79 Å². The van der Waals surface area contributed by atoms with Gasteiger partial charge in [-0.15, -0.1) is 0 Å². The quantitative estimate of drug-likeness (QED) is 0.381. The second kappa shape index (κ2) is 5.34. The zero-order valence-corrected chi connectivity index (χ0v) is 16.6. The summed E-state index contributed by atoms with van der Waals surface area (Å²) in [5, 5.41) is 0. The molecule has 5 aliphatic rings. The van der Waals surface area contributed by atoms with Crippen LogP contribution in [-0.2, 0) is 4.79 Å². The summed E-state index contributed by atoms with van der Waals surface area (Å²) in [5.74, 6) is 1.97. The molecule has 2 saturated carbocycles. The summed E-state index contributed by atoms with van der Waals surface area (Å²) in [7, 11) is 0. The van der Waals surface area contributed by atoms with Crippen molar-refractivity contribution in [3.8, 4) is 0 Å². The molecule has 0 amide bonds. The maximum absolute atomic E-state index is 13.2. The number of hydrogen-bond acceptors (Lipinski definition) is 1. The van der Waals surface area contributed by atoms with Crippen LogP contribution in [0.1, 0.15) is 58.8 Å². The van der Waals surface area contributed by atoms with Crippen molar-refractivity contribution >= 4 is 5.78 Å². The molecule has 0 unspecified atom stereocenters. The topological polar surface area (TPSA) is 21.4 Å². The lowest BCUT2D eigenvalue weighted by atomic mass is 9.45. The Balaban J connectivity index is 1.65. The Kier molecular flexibility index (Phi) is 3.41. The maximum Gasteiger partial charge on any atom is 0.227 e. The Hall–Kier alpha value is -1.88. The molecule has 2 nitrogen and oxygen atoms in total. The van der Waals surface area contributed by atoms with Crippen molar-refractivity contribution in [1.82, 2.24) is 0 Å². The van der Waals surface area contributed by atoms with Gasteiger partial charge in [0.25, 0.3) is 0 Å². The van der Waals surface area contributed by atoms with E-state index >= 15 is 0 Å². The first-order valence-corrected chi connectivity index (χ1v) is 10.6.